The average Bonchev–Trinajstić information content (AvgIpc) is 2.58. The lowest BCUT2D eigenvalue weighted by Crippen LogP contribution is -2.40. The predicted molar refractivity (Wildman–Crippen MR) is 102 cm³/mol. The summed E-state index contributed by atoms with van der Waals surface area (Å²) < 4.78 is 0. The third-order valence-electron chi connectivity index (χ3n) is 3.33. The Bertz CT molecular complexity index is 840. The predicted octanol–water partition coefficient (Wildman–Crippen LogP) is 2.79. The van der Waals surface area contributed by atoms with Crippen LogP contribution in [0.1, 0.15) is 15.9 Å². The van der Waals surface area contributed by atoms with Crippen molar-refractivity contribution in [1.82, 2.24) is 10.6 Å². The van der Waals surface area contributed by atoms with Gasteiger partial charge in [-0.25, -0.2) is 0 Å². The van der Waals surface area contributed by atoms with E-state index < -0.39 is 11.8 Å². The maximum Gasteiger partial charge on any atom is 0.253 e. The van der Waals surface area contributed by atoms with Crippen molar-refractivity contribution in [1.29, 1.82) is 0 Å². The number of carbonyl (C=O) groups excluding carboxylic acids is 3. The molecular formula is C18H17Cl2N3O3. The van der Waals surface area contributed by atoms with E-state index in [4.69, 9.17) is 23.2 Å². The second-order valence-corrected chi connectivity index (χ2v) is 6.34. The summed E-state index contributed by atoms with van der Waals surface area (Å²) >= 11 is 11.7. The molecule has 3 amide bonds. The Balaban J connectivity index is 1.76. The number of anilines is 1. The van der Waals surface area contributed by atoms with Crippen LogP contribution in [0, 0.1) is 6.92 Å². The monoisotopic (exact) mass is 393 g/mol. The summed E-state index contributed by atoms with van der Waals surface area (Å²) in [6, 6.07) is 11.7. The van der Waals surface area contributed by atoms with Crippen molar-refractivity contribution in [2.24, 2.45) is 0 Å². The van der Waals surface area contributed by atoms with Gasteiger partial charge in [0.25, 0.3) is 5.91 Å². The summed E-state index contributed by atoms with van der Waals surface area (Å²) in [7, 11) is 0. The van der Waals surface area contributed by atoms with E-state index >= 15 is 0 Å². The Labute approximate surface area is 160 Å². The van der Waals surface area contributed by atoms with Crippen LogP contribution in [-0.2, 0) is 9.59 Å². The maximum atomic E-state index is 12.0. The molecule has 0 aliphatic rings. The van der Waals surface area contributed by atoms with Crippen molar-refractivity contribution in [2.75, 3.05) is 18.4 Å². The van der Waals surface area contributed by atoms with E-state index in [0.717, 1.165) is 5.56 Å². The van der Waals surface area contributed by atoms with Gasteiger partial charge in [-0.3, -0.25) is 14.4 Å². The first-order valence-corrected chi connectivity index (χ1v) is 8.47. The molecule has 0 unspecified atom stereocenters. The minimum absolute atomic E-state index is 0.188. The number of nitrogens with one attached hydrogen (secondary N) is 3. The minimum Gasteiger partial charge on any atom is -0.345 e. The highest BCUT2D eigenvalue weighted by Crippen LogP contribution is 2.20. The molecule has 2 aromatic rings. The first kappa shape index (κ1) is 19.8. The van der Waals surface area contributed by atoms with Crippen molar-refractivity contribution in [3.8, 4) is 0 Å². The fourth-order valence-electron chi connectivity index (χ4n) is 2.10. The van der Waals surface area contributed by atoms with Gasteiger partial charge in [0.15, 0.2) is 0 Å². The number of benzene rings is 2. The molecule has 2 rings (SSSR count). The summed E-state index contributed by atoms with van der Waals surface area (Å²) in [4.78, 5) is 35.6. The van der Waals surface area contributed by atoms with Crippen LogP contribution in [0.5, 0.6) is 0 Å². The number of aryl methyl sites for hydroxylation is 1. The zero-order chi connectivity index (χ0) is 19.1. The Hall–Kier alpha value is -2.57. The van der Waals surface area contributed by atoms with Gasteiger partial charge in [0.05, 0.1) is 23.7 Å². The molecule has 0 aliphatic carbocycles. The number of carbonyl (C=O) groups is 3. The zero-order valence-corrected chi connectivity index (χ0v) is 15.4. The van der Waals surface area contributed by atoms with Crippen LogP contribution in [-0.4, -0.2) is 30.8 Å². The van der Waals surface area contributed by atoms with Gasteiger partial charge >= 0.3 is 0 Å². The highest BCUT2D eigenvalue weighted by molar-refractivity contribution is 6.36. The molecule has 6 nitrogen and oxygen atoms in total. The number of hydrogen-bond donors (Lipinski definition) is 3. The zero-order valence-electron chi connectivity index (χ0n) is 13.9. The van der Waals surface area contributed by atoms with E-state index in [0.29, 0.717) is 10.7 Å². The Morgan fingerprint density at radius 3 is 2.35 bits per heavy atom. The van der Waals surface area contributed by atoms with Crippen LogP contribution >= 0.6 is 23.2 Å². The summed E-state index contributed by atoms with van der Waals surface area (Å²) in [5.74, 6) is -1.37. The normalized spacial score (nSPS) is 10.1. The molecule has 3 N–H and O–H groups in total. The third kappa shape index (κ3) is 6.06. The molecule has 0 aromatic heterocycles. The van der Waals surface area contributed by atoms with Gasteiger partial charge in [0, 0.05) is 10.7 Å². The number of rotatable bonds is 6. The van der Waals surface area contributed by atoms with Crippen LogP contribution in [0.3, 0.4) is 0 Å². The van der Waals surface area contributed by atoms with Crippen molar-refractivity contribution in [2.45, 2.75) is 6.92 Å². The van der Waals surface area contributed by atoms with Crippen molar-refractivity contribution >= 4 is 46.6 Å². The topological polar surface area (TPSA) is 87.3 Å². The Kier molecular flexibility index (Phi) is 7.00. The average molecular weight is 394 g/mol. The smallest absolute Gasteiger partial charge is 0.253 e. The van der Waals surface area contributed by atoms with Crippen LogP contribution in [0.15, 0.2) is 42.5 Å². The number of hydrogen-bond acceptors (Lipinski definition) is 3. The SMILES string of the molecule is Cc1cccc(NC(=O)CNC(=O)CNC(=O)c2ccc(Cl)cc2Cl)c1. The summed E-state index contributed by atoms with van der Waals surface area (Å²) in [5.41, 5.74) is 1.87. The second-order valence-electron chi connectivity index (χ2n) is 5.50. The molecule has 0 fully saturated rings. The van der Waals surface area contributed by atoms with E-state index in [-0.39, 0.29) is 29.6 Å². The molecule has 26 heavy (non-hydrogen) atoms. The van der Waals surface area contributed by atoms with Crippen LogP contribution in [0.4, 0.5) is 5.69 Å². The van der Waals surface area contributed by atoms with E-state index in [1.807, 2.05) is 25.1 Å². The van der Waals surface area contributed by atoms with Crippen LogP contribution in [0.2, 0.25) is 10.0 Å². The lowest BCUT2D eigenvalue weighted by atomic mass is 10.2. The van der Waals surface area contributed by atoms with Gasteiger partial charge in [-0.15, -0.1) is 0 Å². The highest BCUT2D eigenvalue weighted by atomic mass is 35.5. The highest BCUT2D eigenvalue weighted by Gasteiger charge is 2.12. The molecule has 8 heteroatoms. The fourth-order valence-corrected chi connectivity index (χ4v) is 2.59. The molecule has 0 bridgehead atoms. The van der Waals surface area contributed by atoms with Crippen molar-refractivity contribution in [3.63, 3.8) is 0 Å². The molecule has 0 saturated carbocycles. The van der Waals surface area contributed by atoms with Crippen molar-refractivity contribution in [3.05, 3.63) is 63.6 Å². The molecule has 0 radical (unpaired) electrons. The molecule has 2 aromatic carbocycles. The molecule has 136 valence electrons. The Morgan fingerprint density at radius 2 is 1.65 bits per heavy atom. The molecule has 0 aliphatic heterocycles. The minimum atomic E-state index is -0.508. The second kappa shape index (κ2) is 9.22. The van der Waals surface area contributed by atoms with Gasteiger partial charge in [0.1, 0.15) is 0 Å². The lowest BCUT2D eigenvalue weighted by molar-refractivity contribution is -0.123. The van der Waals surface area contributed by atoms with Gasteiger partial charge in [-0.2, -0.15) is 0 Å². The van der Waals surface area contributed by atoms with Crippen LogP contribution < -0.4 is 16.0 Å². The van der Waals surface area contributed by atoms with E-state index in [1.165, 1.54) is 18.2 Å². The summed E-state index contributed by atoms with van der Waals surface area (Å²) in [5, 5.41) is 8.12. The van der Waals surface area contributed by atoms with Crippen molar-refractivity contribution < 1.29 is 14.4 Å². The molecule has 0 heterocycles. The number of halogens is 2. The van der Waals surface area contributed by atoms with Crippen LogP contribution in [0.25, 0.3) is 0 Å². The fraction of sp³-hybridized carbons (Fsp3) is 0.167. The molecule has 0 saturated heterocycles. The van der Waals surface area contributed by atoms with Gasteiger partial charge in [0.2, 0.25) is 11.8 Å². The van der Waals surface area contributed by atoms with Gasteiger partial charge < -0.3 is 16.0 Å². The van der Waals surface area contributed by atoms with Gasteiger partial charge in [-0.1, -0.05) is 35.3 Å². The quantitative estimate of drug-likeness (QED) is 0.704. The van der Waals surface area contributed by atoms with Gasteiger partial charge in [-0.05, 0) is 42.8 Å². The summed E-state index contributed by atoms with van der Waals surface area (Å²) in [6.45, 7) is 1.42. The Morgan fingerprint density at radius 1 is 0.923 bits per heavy atom. The standard InChI is InChI=1S/C18H17Cl2N3O3/c1-11-3-2-4-13(7-11)23-17(25)10-21-16(24)9-22-18(26)14-6-5-12(19)8-15(14)20/h2-8H,9-10H2,1H3,(H,21,24)(H,22,26)(H,23,25). The molecular weight excluding hydrogens is 377 g/mol. The largest absolute Gasteiger partial charge is 0.345 e. The first-order valence-electron chi connectivity index (χ1n) is 7.71. The number of amides is 3. The third-order valence-corrected chi connectivity index (χ3v) is 3.88. The first-order chi connectivity index (χ1) is 12.3. The van der Waals surface area contributed by atoms with E-state index in [9.17, 15) is 14.4 Å². The molecule has 0 atom stereocenters. The molecule has 0 spiro atoms. The maximum absolute atomic E-state index is 12.0. The summed E-state index contributed by atoms with van der Waals surface area (Å²) in [6.07, 6.45) is 0. The van der Waals surface area contributed by atoms with E-state index in [1.54, 1.807) is 6.07 Å². The van der Waals surface area contributed by atoms with E-state index in [2.05, 4.69) is 16.0 Å². The lowest BCUT2D eigenvalue weighted by Gasteiger charge is -2.09.